The van der Waals surface area contributed by atoms with Crippen molar-refractivity contribution in [1.82, 2.24) is 30.7 Å². The predicted molar refractivity (Wildman–Crippen MR) is 89.2 cm³/mol. The summed E-state index contributed by atoms with van der Waals surface area (Å²) in [5.41, 5.74) is 10.7. The number of nitrogens with two attached hydrogens (primary N) is 1. The second kappa shape index (κ2) is 6.91. The van der Waals surface area contributed by atoms with E-state index in [4.69, 9.17) is 5.73 Å². The first-order valence-electron chi connectivity index (χ1n) is 7.53. The maximum Gasteiger partial charge on any atom is 0.293 e. The van der Waals surface area contributed by atoms with E-state index in [1.54, 1.807) is 13.1 Å². The molecule has 3 N–H and O–H groups in total. The number of anilines is 1. The Bertz CT molecular complexity index is 910. The highest BCUT2D eigenvalue weighted by Crippen LogP contribution is 2.14. The molecule has 0 unspecified atom stereocenters. The summed E-state index contributed by atoms with van der Waals surface area (Å²) < 4.78 is 5.79. The summed E-state index contributed by atoms with van der Waals surface area (Å²) in [6.07, 6.45) is 2.52. The second-order valence-electron chi connectivity index (χ2n) is 5.20. The molecule has 2 aromatic heterocycles. The van der Waals surface area contributed by atoms with Gasteiger partial charge < -0.3 is 5.73 Å². The van der Waals surface area contributed by atoms with Gasteiger partial charge in [0, 0.05) is 0 Å². The van der Waals surface area contributed by atoms with Crippen molar-refractivity contribution in [3.05, 3.63) is 46.8 Å². The molecule has 0 spiro atoms. The van der Waals surface area contributed by atoms with Crippen molar-refractivity contribution in [3.63, 3.8) is 0 Å². The van der Waals surface area contributed by atoms with Crippen LogP contribution in [-0.4, -0.2) is 37.4 Å². The number of rotatable bonds is 5. The van der Waals surface area contributed by atoms with Crippen molar-refractivity contribution >= 4 is 17.9 Å². The summed E-state index contributed by atoms with van der Waals surface area (Å²) in [4.78, 5) is 12.2. The smallest absolute Gasteiger partial charge is 0.293 e. The monoisotopic (exact) mass is 340 g/mol. The lowest BCUT2D eigenvalue weighted by molar-refractivity contribution is 0.0949. The van der Waals surface area contributed by atoms with E-state index in [1.165, 1.54) is 10.2 Å². The number of benzene rings is 1. The molecule has 0 radical (unpaired) electrons. The Morgan fingerprint density at radius 3 is 2.76 bits per heavy atom. The average Bonchev–Trinajstić information content (AvgIpc) is 3.20. The molecule has 0 saturated heterocycles. The van der Waals surface area contributed by atoms with Gasteiger partial charge in [-0.15, -0.1) is 5.10 Å². The molecule has 0 aliphatic heterocycles. The lowest BCUT2D eigenvalue weighted by Crippen LogP contribution is -2.19. The number of nitrogens with one attached hydrogen (secondary N) is 1. The molecule has 3 aromatic rings. The van der Waals surface area contributed by atoms with Crippen LogP contribution in [0.15, 0.2) is 34.0 Å². The zero-order valence-corrected chi connectivity index (χ0v) is 13.7. The number of carbonyl (C=O) groups excluding carboxylic acids is 1. The zero-order valence-electron chi connectivity index (χ0n) is 13.7. The second-order valence-corrected chi connectivity index (χ2v) is 5.20. The number of amides is 1. The SMILES string of the molecule is CCc1ccc(/C=N\NC(=O)c2nnn(-c3nonc3N)c2C)cc1. The molecule has 25 heavy (non-hydrogen) atoms. The van der Waals surface area contributed by atoms with E-state index in [2.05, 4.69) is 42.7 Å². The van der Waals surface area contributed by atoms with Crippen molar-refractivity contribution in [2.24, 2.45) is 5.10 Å². The maximum atomic E-state index is 12.2. The molecule has 1 amide bonds. The molecule has 2 heterocycles. The van der Waals surface area contributed by atoms with Gasteiger partial charge in [-0.3, -0.25) is 4.79 Å². The van der Waals surface area contributed by atoms with Gasteiger partial charge in [0.2, 0.25) is 11.6 Å². The number of carbonyl (C=O) groups is 1. The van der Waals surface area contributed by atoms with E-state index in [0.29, 0.717) is 5.69 Å². The Hall–Kier alpha value is -3.56. The predicted octanol–water partition coefficient (Wildman–Crippen LogP) is 0.867. The summed E-state index contributed by atoms with van der Waals surface area (Å²) in [6.45, 7) is 3.73. The van der Waals surface area contributed by atoms with Crippen LogP contribution in [-0.2, 0) is 6.42 Å². The van der Waals surface area contributed by atoms with Gasteiger partial charge >= 0.3 is 0 Å². The van der Waals surface area contributed by atoms with E-state index in [-0.39, 0.29) is 17.3 Å². The highest BCUT2D eigenvalue weighted by Gasteiger charge is 2.20. The summed E-state index contributed by atoms with van der Waals surface area (Å²) in [7, 11) is 0. The van der Waals surface area contributed by atoms with E-state index in [0.717, 1.165) is 12.0 Å². The fourth-order valence-corrected chi connectivity index (χ4v) is 2.14. The quantitative estimate of drug-likeness (QED) is 0.519. The van der Waals surface area contributed by atoms with Gasteiger partial charge in [0.1, 0.15) is 0 Å². The van der Waals surface area contributed by atoms with Gasteiger partial charge in [-0.05, 0) is 34.8 Å². The molecule has 10 heteroatoms. The third-order valence-electron chi connectivity index (χ3n) is 3.57. The zero-order chi connectivity index (χ0) is 17.8. The third kappa shape index (κ3) is 3.37. The number of aromatic nitrogens is 5. The van der Waals surface area contributed by atoms with Crippen LogP contribution in [0.5, 0.6) is 0 Å². The third-order valence-corrected chi connectivity index (χ3v) is 3.57. The van der Waals surface area contributed by atoms with Crippen molar-refractivity contribution < 1.29 is 9.42 Å². The number of hydrazone groups is 1. The van der Waals surface area contributed by atoms with Crippen molar-refractivity contribution in [1.29, 1.82) is 0 Å². The highest BCUT2D eigenvalue weighted by atomic mass is 16.6. The molecule has 1 aromatic carbocycles. The Morgan fingerprint density at radius 2 is 2.12 bits per heavy atom. The van der Waals surface area contributed by atoms with Crippen LogP contribution in [0.1, 0.15) is 34.2 Å². The topological polar surface area (TPSA) is 137 Å². The highest BCUT2D eigenvalue weighted by molar-refractivity contribution is 5.94. The minimum Gasteiger partial charge on any atom is -0.378 e. The molecule has 128 valence electrons. The first kappa shape index (κ1) is 16.3. The van der Waals surface area contributed by atoms with Crippen molar-refractivity contribution in [3.8, 4) is 5.82 Å². The van der Waals surface area contributed by atoms with Crippen molar-refractivity contribution in [2.45, 2.75) is 20.3 Å². The summed E-state index contributed by atoms with van der Waals surface area (Å²) in [5.74, 6) is -0.280. The largest absolute Gasteiger partial charge is 0.378 e. The van der Waals surface area contributed by atoms with Crippen LogP contribution in [0.4, 0.5) is 5.82 Å². The first-order chi connectivity index (χ1) is 12.1. The van der Waals surface area contributed by atoms with E-state index in [9.17, 15) is 4.79 Å². The minimum atomic E-state index is -0.500. The molecular weight excluding hydrogens is 324 g/mol. The Kier molecular flexibility index (Phi) is 4.50. The summed E-state index contributed by atoms with van der Waals surface area (Å²) in [6, 6.07) is 7.87. The molecule has 0 fully saturated rings. The van der Waals surface area contributed by atoms with Crippen LogP contribution in [0.3, 0.4) is 0 Å². The molecule has 0 aliphatic carbocycles. The fraction of sp³-hybridized carbons (Fsp3) is 0.200. The van der Waals surface area contributed by atoms with Gasteiger partial charge in [-0.25, -0.2) is 10.1 Å². The van der Waals surface area contributed by atoms with Crippen LogP contribution in [0, 0.1) is 6.92 Å². The molecule has 3 rings (SSSR count). The molecule has 0 saturated carbocycles. The number of hydrogen-bond donors (Lipinski definition) is 2. The van der Waals surface area contributed by atoms with E-state index >= 15 is 0 Å². The van der Waals surface area contributed by atoms with Crippen LogP contribution in [0.25, 0.3) is 5.82 Å². The molecular formula is C15H16N8O2. The minimum absolute atomic E-state index is 0.0495. The van der Waals surface area contributed by atoms with Crippen molar-refractivity contribution in [2.75, 3.05) is 5.73 Å². The van der Waals surface area contributed by atoms with Gasteiger partial charge in [-0.2, -0.15) is 9.78 Å². The maximum absolute atomic E-state index is 12.2. The summed E-state index contributed by atoms with van der Waals surface area (Å²) >= 11 is 0. The van der Waals surface area contributed by atoms with Gasteiger partial charge in [0.05, 0.1) is 11.9 Å². The number of hydrogen-bond acceptors (Lipinski definition) is 8. The van der Waals surface area contributed by atoms with E-state index < -0.39 is 5.91 Å². The Morgan fingerprint density at radius 1 is 1.36 bits per heavy atom. The Labute approximate surface area is 142 Å². The van der Waals surface area contributed by atoms with Crippen LogP contribution < -0.4 is 11.2 Å². The lowest BCUT2D eigenvalue weighted by atomic mass is 10.1. The fourth-order valence-electron chi connectivity index (χ4n) is 2.14. The molecule has 0 bridgehead atoms. The van der Waals surface area contributed by atoms with Crippen LogP contribution in [0.2, 0.25) is 0 Å². The van der Waals surface area contributed by atoms with Gasteiger partial charge in [0.15, 0.2) is 5.69 Å². The molecule has 0 atom stereocenters. The normalized spacial score (nSPS) is 11.1. The molecule has 0 aliphatic rings. The number of nitrogen functional groups attached to an aromatic ring is 1. The molecule has 10 nitrogen and oxygen atoms in total. The van der Waals surface area contributed by atoms with Gasteiger partial charge in [-0.1, -0.05) is 36.4 Å². The number of nitrogens with zero attached hydrogens (tertiary/aromatic N) is 6. The Balaban J connectivity index is 1.70. The average molecular weight is 340 g/mol. The van der Waals surface area contributed by atoms with Gasteiger partial charge in [0.25, 0.3) is 5.91 Å². The van der Waals surface area contributed by atoms with Crippen LogP contribution >= 0.6 is 0 Å². The summed E-state index contributed by atoms with van der Waals surface area (Å²) in [5, 5.41) is 18.7. The number of aryl methyl sites for hydroxylation is 1. The lowest BCUT2D eigenvalue weighted by Gasteiger charge is -2.00. The first-order valence-corrected chi connectivity index (χ1v) is 7.53. The van der Waals surface area contributed by atoms with E-state index in [1.807, 2.05) is 24.3 Å². The standard InChI is InChI=1S/C15H16N8O2/c1-3-10-4-6-11(7-5-10)8-17-19-15(24)12-9(2)23(22-18-12)14-13(16)20-25-21-14/h4-8H,3H2,1-2H3,(H2,16,20)(H,19,24)/b17-8-.